The summed E-state index contributed by atoms with van der Waals surface area (Å²) in [5.74, 6) is 0.701. The summed E-state index contributed by atoms with van der Waals surface area (Å²) in [5, 5.41) is 12.5. The van der Waals surface area contributed by atoms with Crippen LogP contribution in [0.4, 0.5) is 0 Å². The highest BCUT2D eigenvalue weighted by Gasteiger charge is 2.20. The lowest BCUT2D eigenvalue weighted by atomic mass is 9.93. The molecule has 3 rings (SSSR count). The monoisotopic (exact) mass is 503 g/mol. The van der Waals surface area contributed by atoms with Gasteiger partial charge in [-0.05, 0) is 79.6 Å². The molecule has 0 fully saturated rings. The van der Waals surface area contributed by atoms with Gasteiger partial charge in [-0.1, -0.05) is 55.3 Å². The molecule has 0 aromatic heterocycles. The Labute approximate surface area is 219 Å². The van der Waals surface area contributed by atoms with Crippen LogP contribution < -0.4 is 14.8 Å². The number of benzene rings is 3. The maximum absolute atomic E-state index is 13.6. The third kappa shape index (κ3) is 8.38. The normalized spacial score (nSPS) is 11.7. The Balaban J connectivity index is 1.86. The lowest BCUT2D eigenvalue weighted by Gasteiger charge is -2.23. The summed E-state index contributed by atoms with van der Waals surface area (Å²) < 4.78 is 11.1. The van der Waals surface area contributed by atoms with Crippen molar-refractivity contribution in [2.45, 2.75) is 59.6 Å². The molecule has 2 N–H and O–H groups in total. The van der Waals surface area contributed by atoms with Gasteiger partial charge < -0.3 is 19.9 Å². The fourth-order valence-electron chi connectivity index (χ4n) is 4.42. The first-order valence-electron chi connectivity index (χ1n) is 12.6. The molecule has 0 heterocycles. The Kier molecular flexibility index (Phi) is 9.72. The van der Waals surface area contributed by atoms with E-state index in [2.05, 4.69) is 51.2 Å². The Morgan fingerprint density at radius 3 is 2.16 bits per heavy atom. The molecule has 196 valence electrons. The standard InChI is InChI=1S/C31H37NO5/c1-20(2)14-29(25-16-21(3)15-22(4)17-25)32-31(35)28-18-23(6-7-24(28)8-13-30(33)34)19-37-27-11-9-26(36-5)10-12-27/h6-7,9-12,15-18,20,29H,8,13-14,19H2,1-5H3,(H,32,35)(H,33,34). The number of rotatable bonds is 12. The topological polar surface area (TPSA) is 84.9 Å². The number of hydrogen-bond acceptors (Lipinski definition) is 4. The number of methoxy groups -OCH3 is 1. The average Bonchev–Trinajstić information content (AvgIpc) is 2.85. The number of aryl methyl sites for hydroxylation is 3. The first-order valence-corrected chi connectivity index (χ1v) is 12.6. The van der Waals surface area contributed by atoms with Gasteiger partial charge >= 0.3 is 5.97 Å². The Morgan fingerprint density at radius 2 is 1.57 bits per heavy atom. The van der Waals surface area contributed by atoms with Crippen LogP contribution in [0.2, 0.25) is 0 Å². The Hall–Kier alpha value is -3.80. The van der Waals surface area contributed by atoms with E-state index in [1.165, 1.54) is 0 Å². The number of carboxylic acids is 1. The molecule has 37 heavy (non-hydrogen) atoms. The number of nitrogens with one attached hydrogen (secondary N) is 1. The second-order valence-corrected chi connectivity index (χ2v) is 9.93. The van der Waals surface area contributed by atoms with Crippen molar-refractivity contribution in [2.75, 3.05) is 7.11 Å². The van der Waals surface area contributed by atoms with Crippen LogP contribution >= 0.6 is 0 Å². The van der Waals surface area contributed by atoms with Gasteiger partial charge in [-0.25, -0.2) is 0 Å². The van der Waals surface area contributed by atoms with Crippen molar-refractivity contribution in [2.24, 2.45) is 5.92 Å². The summed E-state index contributed by atoms with van der Waals surface area (Å²) in [6.07, 6.45) is 1.02. The van der Waals surface area contributed by atoms with Crippen LogP contribution in [0.25, 0.3) is 0 Å². The van der Waals surface area contributed by atoms with E-state index in [4.69, 9.17) is 9.47 Å². The van der Waals surface area contributed by atoms with Crippen molar-refractivity contribution in [3.63, 3.8) is 0 Å². The summed E-state index contributed by atoms with van der Waals surface area (Å²) in [7, 11) is 1.61. The largest absolute Gasteiger partial charge is 0.497 e. The van der Waals surface area contributed by atoms with Gasteiger partial charge in [0.25, 0.3) is 5.91 Å². The molecule has 0 saturated heterocycles. The molecular formula is C31H37NO5. The average molecular weight is 504 g/mol. The summed E-state index contributed by atoms with van der Waals surface area (Å²) in [6, 6.07) is 19.0. The van der Waals surface area contributed by atoms with Gasteiger partial charge in [-0.15, -0.1) is 0 Å². The van der Waals surface area contributed by atoms with Gasteiger partial charge in [-0.3, -0.25) is 9.59 Å². The van der Waals surface area contributed by atoms with E-state index < -0.39 is 5.97 Å². The Morgan fingerprint density at radius 1 is 0.919 bits per heavy atom. The van der Waals surface area contributed by atoms with E-state index in [1.807, 2.05) is 42.5 Å². The highest BCUT2D eigenvalue weighted by molar-refractivity contribution is 5.96. The van der Waals surface area contributed by atoms with E-state index in [0.29, 0.717) is 22.8 Å². The number of carbonyl (C=O) groups is 2. The number of hydrogen-bond donors (Lipinski definition) is 2. The molecule has 0 aliphatic carbocycles. The molecule has 0 saturated carbocycles. The van der Waals surface area contributed by atoms with Crippen LogP contribution in [0.15, 0.2) is 60.7 Å². The van der Waals surface area contributed by atoms with Crippen LogP contribution in [0.1, 0.15) is 70.9 Å². The third-order valence-corrected chi connectivity index (χ3v) is 6.15. The molecule has 0 aliphatic rings. The van der Waals surface area contributed by atoms with E-state index >= 15 is 0 Å². The minimum atomic E-state index is -0.897. The summed E-state index contributed by atoms with van der Waals surface area (Å²) >= 11 is 0. The molecule has 0 aliphatic heterocycles. The van der Waals surface area contributed by atoms with Gasteiger partial charge in [-0.2, -0.15) is 0 Å². The maximum Gasteiger partial charge on any atom is 0.303 e. The zero-order chi connectivity index (χ0) is 26.9. The first kappa shape index (κ1) is 27.8. The van der Waals surface area contributed by atoms with E-state index in [9.17, 15) is 14.7 Å². The number of amides is 1. The fraction of sp³-hybridized carbons (Fsp3) is 0.355. The van der Waals surface area contributed by atoms with Crippen LogP contribution in [-0.4, -0.2) is 24.1 Å². The van der Waals surface area contributed by atoms with Gasteiger partial charge in [0, 0.05) is 12.0 Å². The highest BCUT2D eigenvalue weighted by atomic mass is 16.5. The minimum absolute atomic E-state index is 0.0472. The molecular weight excluding hydrogens is 466 g/mol. The van der Waals surface area contributed by atoms with Crippen molar-refractivity contribution in [3.05, 3.63) is 94.0 Å². The lowest BCUT2D eigenvalue weighted by molar-refractivity contribution is -0.136. The first-order chi connectivity index (χ1) is 17.6. The number of carbonyl (C=O) groups excluding carboxylic acids is 1. The van der Waals surface area contributed by atoms with Crippen molar-refractivity contribution >= 4 is 11.9 Å². The predicted molar refractivity (Wildman–Crippen MR) is 145 cm³/mol. The quantitative estimate of drug-likeness (QED) is 0.298. The highest BCUT2D eigenvalue weighted by Crippen LogP contribution is 2.25. The second kappa shape index (κ2) is 12.9. The molecule has 1 unspecified atom stereocenters. The van der Waals surface area contributed by atoms with Crippen LogP contribution in [0.3, 0.4) is 0 Å². The van der Waals surface area contributed by atoms with E-state index in [-0.39, 0.29) is 31.4 Å². The number of aliphatic carboxylic acids is 1. The lowest BCUT2D eigenvalue weighted by Crippen LogP contribution is -2.30. The summed E-state index contributed by atoms with van der Waals surface area (Å²) in [6.45, 7) is 8.66. The van der Waals surface area contributed by atoms with Gasteiger partial charge in [0.2, 0.25) is 0 Å². The van der Waals surface area contributed by atoms with Crippen LogP contribution in [0.5, 0.6) is 11.5 Å². The molecule has 6 nitrogen and oxygen atoms in total. The van der Waals surface area contributed by atoms with Crippen LogP contribution in [0, 0.1) is 19.8 Å². The number of ether oxygens (including phenoxy) is 2. The molecule has 0 bridgehead atoms. The summed E-state index contributed by atoms with van der Waals surface area (Å²) in [4.78, 5) is 24.9. The minimum Gasteiger partial charge on any atom is -0.497 e. The molecule has 0 radical (unpaired) electrons. The maximum atomic E-state index is 13.6. The SMILES string of the molecule is COc1ccc(OCc2ccc(CCC(=O)O)c(C(=O)NC(CC(C)C)c3cc(C)cc(C)c3)c2)cc1. The third-order valence-electron chi connectivity index (χ3n) is 6.15. The summed E-state index contributed by atoms with van der Waals surface area (Å²) in [5.41, 5.74) is 5.39. The smallest absolute Gasteiger partial charge is 0.303 e. The molecule has 6 heteroatoms. The van der Waals surface area contributed by atoms with Crippen LogP contribution in [-0.2, 0) is 17.8 Å². The molecule has 3 aromatic rings. The van der Waals surface area contributed by atoms with Crippen molar-refractivity contribution < 1.29 is 24.2 Å². The van der Waals surface area contributed by atoms with Gasteiger partial charge in [0.15, 0.2) is 0 Å². The fourth-order valence-corrected chi connectivity index (χ4v) is 4.42. The zero-order valence-electron chi connectivity index (χ0n) is 22.3. The Bertz CT molecular complexity index is 1200. The van der Waals surface area contributed by atoms with Gasteiger partial charge in [0.05, 0.1) is 13.2 Å². The zero-order valence-corrected chi connectivity index (χ0v) is 22.3. The van der Waals surface area contributed by atoms with Crippen molar-refractivity contribution in [1.29, 1.82) is 0 Å². The van der Waals surface area contributed by atoms with Crippen molar-refractivity contribution in [1.82, 2.24) is 5.32 Å². The number of carboxylic acid groups (broad SMARTS) is 1. The molecule has 1 atom stereocenters. The molecule has 0 spiro atoms. The second-order valence-electron chi connectivity index (χ2n) is 9.93. The van der Waals surface area contributed by atoms with Gasteiger partial charge in [0.1, 0.15) is 18.1 Å². The molecule has 1 amide bonds. The van der Waals surface area contributed by atoms with E-state index in [1.54, 1.807) is 7.11 Å². The van der Waals surface area contributed by atoms with E-state index in [0.717, 1.165) is 34.4 Å². The van der Waals surface area contributed by atoms with Crippen molar-refractivity contribution in [3.8, 4) is 11.5 Å². The molecule has 3 aromatic carbocycles. The predicted octanol–water partition coefficient (Wildman–Crippen LogP) is 6.43.